The van der Waals surface area contributed by atoms with Crippen LogP contribution in [0.5, 0.6) is 11.5 Å². The number of aromatic nitrogens is 5. The molecule has 0 amide bonds. The Morgan fingerprint density at radius 1 is 1.18 bits per heavy atom. The van der Waals surface area contributed by atoms with Crippen LogP contribution in [0.25, 0.3) is 5.69 Å². The lowest BCUT2D eigenvalue weighted by Crippen LogP contribution is -2.22. The number of ether oxygens (including phenoxy) is 3. The van der Waals surface area contributed by atoms with Crippen LogP contribution >= 0.6 is 11.6 Å². The summed E-state index contributed by atoms with van der Waals surface area (Å²) in [6, 6.07) is 5.26. The van der Waals surface area contributed by atoms with Crippen molar-refractivity contribution in [2.45, 2.75) is 25.4 Å². The Balaban J connectivity index is 1.70. The van der Waals surface area contributed by atoms with Gasteiger partial charge in [-0.25, -0.2) is 18.4 Å². The van der Waals surface area contributed by atoms with Gasteiger partial charge in [-0.3, -0.25) is 9.29 Å². The third-order valence-corrected chi connectivity index (χ3v) is 6.48. The van der Waals surface area contributed by atoms with E-state index >= 15 is 0 Å². The zero-order chi connectivity index (χ0) is 23.4. The summed E-state index contributed by atoms with van der Waals surface area (Å²) >= 11 is 5.79. The molecule has 2 aromatic heterocycles. The van der Waals surface area contributed by atoms with E-state index < -0.39 is 10.0 Å². The van der Waals surface area contributed by atoms with Gasteiger partial charge in [0.15, 0.2) is 5.82 Å². The summed E-state index contributed by atoms with van der Waals surface area (Å²) in [6.45, 7) is 0.586. The van der Waals surface area contributed by atoms with Crippen LogP contribution in [0.2, 0.25) is 5.02 Å². The molecule has 1 N–H and O–H groups in total. The third-order valence-electron chi connectivity index (χ3n) is 5.05. The van der Waals surface area contributed by atoms with Crippen LogP contribution in [-0.4, -0.2) is 59.7 Å². The third kappa shape index (κ3) is 5.18. The van der Waals surface area contributed by atoms with Crippen LogP contribution in [-0.2, 0) is 21.2 Å². The summed E-state index contributed by atoms with van der Waals surface area (Å²) in [5.41, 5.74) is 0.469. The second-order valence-corrected chi connectivity index (χ2v) is 9.50. The normalized spacial score (nSPS) is 16.0. The van der Waals surface area contributed by atoms with Crippen molar-refractivity contribution >= 4 is 27.6 Å². The second kappa shape index (κ2) is 9.89. The number of benzene rings is 1. The molecule has 1 aromatic carbocycles. The standard InChI is InChI=1S/C20H23ClN6O5S/c1-30-14-5-3-6-15(31-2)18(14)27-19(16-7-4-9-32-16)24-25-20(27)26-33(28,29)10-8-17-22-11-13(21)12-23-17/h3,5-6,11-12,16H,4,7-10H2,1-2H3,(H,25,26)/t16-/m0/s1. The lowest BCUT2D eigenvalue weighted by Gasteiger charge is -2.19. The van der Waals surface area contributed by atoms with Gasteiger partial charge in [-0.2, -0.15) is 0 Å². The van der Waals surface area contributed by atoms with Gasteiger partial charge >= 0.3 is 0 Å². The molecule has 1 fully saturated rings. The van der Waals surface area contributed by atoms with Crippen LogP contribution in [0, 0.1) is 0 Å². The Kier molecular flexibility index (Phi) is 6.96. The summed E-state index contributed by atoms with van der Waals surface area (Å²) in [5.74, 6) is 1.47. The quantitative estimate of drug-likeness (QED) is 0.476. The van der Waals surface area contributed by atoms with Crippen molar-refractivity contribution in [3.8, 4) is 17.2 Å². The Morgan fingerprint density at radius 3 is 2.48 bits per heavy atom. The first-order chi connectivity index (χ1) is 15.9. The molecule has 0 spiro atoms. The Bertz CT molecular complexity index is 1190. The number of nitrogens with one attached hydrogen (secondary N) is 1. The van der Waals surface area contributed by atoms with Gasteiger partial charge in [0.2, 0.25) is 16.0 Å². The first-order valence-electron chi connectivity index (χ1n) is 10.2. The van der Waals surface area contributed by atoms with Crippen LogP contribution < -0.4 is 14.2 Å². The number of anilines is 1. The lowest BCUT2D eigenvalue weighted by atomic mass is 10.2. The minimum absolute atomic E-state index is 0.000300. The van der Waals surface area contributed by atoms with Crippen molar-refractivity contribution in [3.63, 3.8) is 0 Å². The molecule has 1 saturated heterocycles. The molecule has 1 atom stereocenters. The minimum Gasteiger partial charge on any atom is -0.494 e. The molecule has 11 nitrogen and oxygen atoms in total. The second-order valence-electron chi connectivity index (χ2n) is 7.22. The molecule has 0 unspecified atom stereocenters. The zero-order valence-electron chi connectivity index (χ0n) is 18.1. The molecular formula is C20H23ClN6O5S. The zero-order valence-corrected chi connectivity index (χ0v) is 19.6. The highest BCUT2D eigenvalue weighted by atomic mass is 35.5. The number of sulfonamides is 1. The lowest BCUT2D eigenvalue weighted by molar-refractivity contribution is 0.103. The van der Waals surface area contributed by atoms with E-state index in [0.717, 1.165) is 12.8 Å². The molecule has 1 aliphatic heterocycles. The van der Waals surface area contributed by atoms with Crippen LogP contribution in [0.1, 0.15) is 30.6 Å². The van der Waals surface area contributed by atoms with Crippen molar-refractivity contribution in [2.24, 2.45) is 0 Å². The van der Waals surface area contributed by atoms with Crippen LogP contribution in [0.15, 0.2) is 30.6 Å². The Morgan fingerprint density at radius 2 is 1.88 bits per heavy atom. The molecule has 0 aliphatic carbocycles. The maximum absolute atomic E-state index is 12.9. The molecule has 4 rings (SSSR count). The van der Waals surface area contributed by atoms with E-state index in [1.54, 1.807) is 22.8 Å². The van der Waals surface area contributed by atoms with Gasteiger partial charge in [0.25, 0.3) is 0 Å². The van der Waals surface area contributed by atoms with Gasteiger partial charge < -0.3 is 14.2 Å². The van der Waals surface area contributed by atoms with Crippen molar-refractivity contribution < 1.29 is 22.6 Å². The summed E-state index contributed by atoms with van der Waals surface area (Å²) in [7, 11) is -0.795. The molecule has 3 heterocycles. The van der Waals surface area contributed by atoms with Gasteiger partial charge in [-0.1, -0.05) is 17.7 Å². The first kappa shape index (κ1) is 23.2. The smallest absolute Gasteiger partial charge is 0.243 e. The van der Waals surface area contributed by atoms with Gasteiger partial charge in [0.1, 0.15) is 29.1 Å². The van der Waals surface area contributed by atoms with E-state index in [2.05, 4.69) is 24.9 Å². The van der Waals surface area contributed by atoms with E-state index in [4.69, 9.17) is 25.8 Å². The summed E-state index contributed by atoms with van der Waals surface area (Å²) < 4.78 is 46.7. The van der Waals surface area contributed by atoms with E-state index in [0.29, 0.717) is 40.5 Å². The highest BCUT2D eigenvalue weighted by Crippen LogP contribution is 2.38. The number of hydrogen-bond acceptors (Lipinski definition) is 9. The number of para-hydroxylation sites is 1. The average Bonchev–Trinajstić information content (AvgIpc) is 3.48. The van der Waals surface area contributed by atoms with Crippen LogP contribution in [0.3, 0.4) is 0 Å². The average molecular weight is 495 g/mol. The van der Waals surface area contributed by atoms with Crippen molar-refractivity contribution in [2.75, 3.05) is 31.3 Å². The molecule has 0 radical (unpaired) electrons. The molecule has 1 aliphatic rings. The SMILES string of the molecule is COc1cccc(OC)c1-n1c(NS(=O)(=O)CCc2ncc(Cl)cn2)nnc1[C@@H]1CCCO1. The largest absolute Gasteiger partial charge is 0.494 e. The van der Waals surface area contributed by atoms with E-state index in [1.165, 1.54) is 26.6 Å². The number of nitrogens with zero attached hydrogens (tertiary/aromatic N) is 5. The van der Waals surface area contributed by atoms with Crippen LogP contribution in [0.4, 0.5) is 5.95 Å². The Labute approximate surface area is 196 Å². The van der Waals surface area contributed by atoms with Crippen molar-refractivity contribution in [3.05, 3.63) is 47.3 Å². The maximum atomic E-state index is 12.9. The molecule has 176 valence electrons. The number of rotatable bonds is 9. The first-order valence-corrected chi connectivity index (χ1v) is 12.2. The summed E-state index contributed by atoms with van der Waals surface area (Å²) in [5, 5.41) is 8.75. The topological polar surface area (TPSA) is 130 Å². The van der Waals surface area contributed by atoms with Gasteiger partial charge in [0, 0.05) is 25.4 Å². The fourth-order valence-corrected chi connectivity index (χ4v) is 4.57. The summed E-state index contributed by atoms with van der Waals surface area (Å²) in [4.78, 5) is 8.07. The highest BCUT2D eigenvalue weighted by Gasteiger charge is 2.30. The van der Waals surface area contributed by atoms with Crippen molar-refractivity contribution in [1.82, 2.24) is 24.7 Å². The van der Waals surface area contributed by atoms with Gasteiger partial charge in [-0.05, 0) is 25.0 Å². The van der Waals surface area contributed by atoms with E-state index in [9.17, 15) is 8.42 Å². The molecule has 3 aromatic rings. The fourth-order valence-electron chi connectivity index (χ4n) is 3.51. The molecular weight excluding hydrogens is 472 g/mol. The number of methoxy groups -OCH3 is 2. The van der Waals surface area contributed by atoms with Crippen molar-refractivity contribution in [1.29, 1.82) is 0 Å². The van der Waals surface area contributed by atoms with E-state index in [-0.39, 0.29) is 24.2 Å². The minimum atomic E-state index is -3.83. The summed E-state index contributed by atoms with van der Waals surface area (Å²) in [6.07, 6.45) is 4.19. The fraction of sp³-hybridized carbons (Fsp3) is 0.400. The predicted octanol–water partition coefficient (Wildman–Crippen LogP) is 2.56. The van der Waals surface area contributed by atoms with Gasteiger partial charge in [0.05, 0.1) is 25.0 Å². The Hall–Kier alpha value is -2.96. The van der Waals surface area contributed by atoms with E-state index in [1.807, 2.05) is 0 Å². The highest BCUT2D eigenvalue weighted by molar-refractivity contribution is 7.92. The van der Waals surface area contributed by atoms with Gasteiger partial charge in [-0.15, -0.1) is 10.2 Å². The predicted molar refractivity (Wildman–Crippen MR) is 121 cm³/mol. The number of halogens is 1. The number of hydrogen-bond donors (Lipinski definition) is 1. The molecule has 33 heavy (non-hydrogen) atoms. The maximum Gasteiger partial charge on any atom is 0.243 e. The molecule has 13 heteroatoms. The monoisotopic (exact) mass is 494 g/mol. The molecule has 0 bridgehead atoms. The number of aryl methyl sites for hydroxylation is 1. The molecule has 0 saturated carbocycles.